The number of hydrogen-bond donors (Lipinski definition) is 1. The lowest BCUT2D eigenvalue weighted by Gasteiger charge is -2.20. The number of nitrogens with one attached hydrogen (secondary N) is 1. The van der Waals surface area contributed by atoms with Crippen LogP contribution in [0.3, 0.4) is 0 Å². The molecule has 0 amide bonds. The van der Waals surface area contributed by atoms with Crippen LogP contribution in [0.4, 0.5) is 10.1 Å². The van der Waals surface area contributed by atoms with Crippen LogP contribution in [0.15, 0.2) is 53.4 Å². The average Bonchev–Trinajstić information content (AvgIpc) is 3.10. The molecule has 7 nitrogen and oxygen atoms in total. The van der Waals surface area contributed by atoms with Crippen LogP contribution in [0, 0.1) is 19.7 Å². The Bertz CT molecular complexity index is 1290. The summed E-state index contributed by atoms with van der Waals surface area (Å²) in [6, 6.07) is 10.1. The van der Waals surface area contributed by atoms with Gasteiger partial charge in [0.1, 0.15) is 5.82 Å². The van der Waals surface area contributed by atoms with Gasteiger partial charge in [0.25, 0.3) is 10.0 Å². The summed E-state index contributed by atoms with van der Waals surface area (Å²) >= 11 is 6.08. The Balaban J connectivity index is 1.81. The quantitative estimate of drug-likeness (QED) is 0.403. The zero-order valence-electron chi connectivity index (χ0n) is 17.5. The van der Waals surface area contributed by atoms with Gasteiger partial charge in [-0.3, -0.25) is 9.10 Å². The number of esters is 1. The molecule has 32 heavy (non-hydrogen) atoms. The fourth-order valence-electron chi connectivity index (χ4n) is 3.07. The number of aryl methyl sites for hydroxylation is 2. The molecule has 0 aliphatic carbocycles. The molecule has 0 atom stereocenters. The second-order valence-corrected chi connectivity index (χ2v) is 9.46. The van der Waals surface area contributed by atoms with Crippen molar-refractivity contribution < 1.29 is 27.1 Å². The number of halogens is 2. The Kier molecular flexibility index (Phi) is 6.71. The first kappa shape index (κ1) is 23.5. The number of carbonyl (C=O) groups is 2. The predicted octanol–water partition coefficient (Wildman–Crippen LogP) is 4.29. The number of sulfonamides is 1. The van der Waals surface area contributed by atoms with E-state index in [-0.39, 0.29) is 21.2 Å². The van der Waals surface area contributed by atoms with Crippen LogP contribution in [0.2, 0.25) is 5.02 Å². The van der Waals surface area contributed by atoms with Crippen molar-refractivity contribution in [2.45, 2.75) is 18.7 Å². The minimum absolute atomic E-state index is 0.0282. The standard InChI is InChI=1S/C22H20ClFN2O5S/c1-13-10-18(14(2)25-13)21(27)12-31-22(28)19-11-17(8-9-20(19)23)32(29,30)26(3)16-6-4-15(24)5-7-16/h4-11,25H,12H2,1-3H3. The number of carbonyl (C=O) groups excluding carboxylic acids is 2. The lowest BCUT2D eigenvalue weighted by molar-refractivity contribution is 0.0474. The monoisotopic (exact) mass is 478 g/mol. The summed E-state index contributed by atoms with van der Waals surface area (Å²) < 4.78 is 45.1. The molecular formula is C22H20ClFN2O5S. The minimum Gasteiger partial charge on any atom is -0.454 e. The van der Waals surface area contributed by atoms with E-state index in [0.29, 0.717) is 11.3 Å². The number of Topliss-reactive ketones (excluding diaryl/α,β-unsaturated/α-hetero) is 1. The first-order valence-electron chi connectivity index (χ1n) is 9.41. The third kappa shape index (κ3) is 4.84. The van der Waals surface area contributed by atoms with E-state index in [1.165, 1.54) is 31.3 Å². The topological polar surface area (TPSA) is 96.5 Å². The van der Waals surface area contributed by atoms with Crippen LogP contribution < -0.4 is 4.31 Å². The van der Waals surface area contributed by atoms with Crippen molar-refractivity contribution in [3.63, 3.8) is 0 Å². The Morgan fingerprint density at radius 1 is 1.06 bits per heavy atom. The molecule has 168 valence electrons. The molecule has 3 aromatic rings. The molecule has 2 aromatic carbocycles. The van der Waals surface area contributed by atoms with E-state index in [4.69, 9.17) is 16.3 Å². The number of rotatable bonds is 7. The Labute approximate surface area is 189 Å². The zero-order valence-corrected chi connectivity index (χ0v) is 19.1. The fraction of sp³-hybridized carbons (Fsp3) is 0.182. The first-order valence-corrected chi connectivity index (χ1v) is 11.2. The van der Waals surface area contributed by atoms with Crippen LogP contribution in [0.5, 0.6) is 0 Å². The molecule has 0 aliphatic rings. The van der Waals surface area contributed by atoms with E-state index in [2.05, 4.69) is 4.98 Å². The van der Waals surface area contributed by atoms with Gasteiger partial charge in [-0.15, -0.1) is 0 Å². The van der Waals surface area contributed by atoms with Crippen LogP contribution in [0.1, 0.15) is 32.1 Å². The van der Waals surface area contributed by atoms with Crippen LogP contribution >= 0.6 is 11.6 Å². The summed E-state index contributed by atoms with van der Waals surface area (Å²) in [7, 11) is -2.78. The molecule has 0 bridgehead atoms. The van der Waals surface area contributed by atoms with Gasteiger partial charge in [0, 0.05) is 24.0 Å². The number of nitrogens with zero attached hydrogens (tertiary/aromatic N) is 1. The summed E-state index contributed by atoms with van der Waals surface area (Å²) in [4.78, 5) is 27.6. The smallest absolute Gasteiger partial charge is 0.340 e. The Morgan fingerprint density at radius 3 is 2.31 bits per heavy atom. The van der Waals surface area contributed by atoms with Gasteiger partial charge in [-0.1, -0.05) is 11.6 Å². The van der Waals surface area contributed by atoms with Crippen molar-refractivity contribution >= 4 is 39.1 Å². The summed E-state index contributed by atoms with van der Waals surface area (Å²) in [5, 5.41) is -0.0282. The maximum Gasteiger partial charge on any atom is 0.340 e. The highest BCUT2D eigenvalue weighted by atomic mass is 35.5. The number of benzene rings is 2. The zero-order chi connectivity index (χ0) is 23.6. The van der Waals surface area contributed by atoms with Crippen molar-refractivity contribution in [2.24, 2.45) is 0 Å². The van der Waals surface area contributed by atoms with Gasteiger partial charge < -0.3 is 9.72 Å². The molecular weight excluding hydrogens is 459 g/mol. The Hall–Kier alpha value is -3.17. The normalized spacial score (nSPS) is 11.3. The average molecular weight is 479 g/mol. The highest BCUT2D eigenvalue weighted by molar-refractivity contribution is 7.92. The number of hydrogen-bond acceptors (Lipinski definition) is 5. The second-order valence-electron chi connectivity index (χ2n) is 7.08. The molecule has 0 unspecified atom stereocenters. The molecule has 0 fully saturated rings. The minimum atomic E-state index is -4.08. The maximum absolute atomic E-state index is 13.2. The van der Waals surface area contributed by atoms with Crippen molar-refractivity contribution in [1.82, 2.24) is 4.98 Å². The van der Waals surface area contributed by atoms with E-state index in [9.17, 15) is 22.4 Å². The molecule has 1 heterocycles. The van der Waals surface area contributed by atoms with Crippen LogP contribution in [0.25, 0.3) is 0 Å². The summed E-state index contributed by atoms with van der Waals surface area (Å²) in [6.07, 6.45) is 0. The largest absolute Gasteiger partial charge is 0.454 e. The Morgan fingerprint density at radius 2 is 1.72 bits per heavy atom. The third-order valence-electron chi connectivity index (χ3n) is 4.79. The first-order chi connectivity index (χ1) is 15.0. The summed E-state index contributed by atoms with van der Waals surface area (Å²) in [5.74, 6) is -1.85. The van der Waals surface area contributed by atoms with Gasteiger partial charge in [-0.05, 0) is 62.4 Å². The lowest BCUT2D eigenvalue weighted by Crippen LogP contribution is -2.27. The SMILES string of the molecule is Cc1cc(C(=O)COC(=O)c2cc(S(=O)(=O)N(C)c3ccc(F)cc3)ccc2Cl)c(C)[nH]1. The van der Waals surface area contributed by atoms with Gasteiger partial charge in [0.05, 0.1) is 21.2 Å². The highest BCUT2D eigenvalue weighted by Crippen LogP contribution is 2.26. The lowest BCUT2D eigenvalue weighted by atomic mass is 10.1. The van der Waals surface area contributed by atoms with Gasteiger partial charge in [0.15, 0.2) is 6.61 Å². The number of aromatic amines is 1. The summed E-state index contributed by atoms with van der Waals surface area (Å²) in [5.41, 5.74) is 1.88. The van der Waals surface area contributed by atoms with E-state index >= 15 is 0 Å². The van der Waals surface area contributed by atoms with E-state index < -0.39 is 34.2 Å². The molecule has 0 aliphatic heterocycles. The number of ether oxygens (including phenoxy) is 1. The third-order valence-corrected chi connectivity index (χ3v) is 6.90. The summed E-state index contributed by atoms with van der Waals surface area (Å²) in [6.45, 7) is 3.00. The van der Waals surface area contributed by atoms with E-state index in [1.807, 2.05) is 0 Å². The second kappa shape index (κ2) is 9.13. The van der Waals surface area contributed by atoms with Gasteiger partial charge in [0.2, 0.25) is 5.78 Å². The van der Waals surface area contributed by atoms with Crippen molar-refractivity contribution in [2.75, 3.05) is 18.0 Å². The molecule has 0 saturated heterocycles. The molecule has 1 N–H and O–H groups in total. The van der Waals surface area contributed by atoms with Crippen molar-refractivity contribution in [3.05, 3.63) is 81.9 Å². The van der Waals surface area contributed by atoms with Crippen molar-refractivity contribution in [3.8, 4) is 0 Å². The van der Waals surface area contributed by atoms with Crippen molar-refractivity contribution in [1.29, 1.82) is 0 Å². The molecule has 0 radical (unpaired) electrons. The number of ketones is 1. The molecule has 3 rings (SSSR count). The number of aromatic nitrogens is 1. The fourth-order valence-corrected chi connectivity index (χ4v) is 4.49. The number of H-pyrrole nitrogens is 1. The molecule has 10 heteroatoms. The van der Waals surface area contributed by atoms with Gasteiger partial charge >= 0.3 is 5.97 Å². The van der Waals surface area contributed by atoms with Gasteiger partial charge in [-0.2, -0.15) is 0 Å². The van der Waals surface area contributed by atoms with Crippen LogP contribution in [-0.2, 0) is 14.8 Å². The molecule has 1 aromatic heterocycles. The maximum atomic E-state index is 13.2. The van der Waals surface area contributed by atoms with Crippen LogP contribution in [-0.4, -0.2) is 38.8 Å². The highest BCUT2D eigenvalue weighted by Gasteiger charge is 2.25. The molecule has 0 saturated carbocycles. The van der Waals surface area contributed by atoms with Gasteiger partial charge in [-0.25, -0.2) is 17.6 Å². The molecule has 0 spiro atoms. The number of anilines is 1. The predicted molar refractivity (Wildman–Crippen MR) is 118 cm³/mol. The van der Waals surface area contributed by atoms with E-state index in [1.54, 1.807) is 19.9 Å². The van der Waals surface area contributed by atoms with E-state index in [0.717, 1.165) is 28.2 Å².